The standard InChI is InChI=1S/C14H9BrN2O3S/c15-10-1-2-12-16-11(5-13(18)17(12)6-10)7-20-14(19)9-3-4-21-8-9/h1-6,8H,7H2. The highest BCUT2D eigenvalue weighted by atomic mass is 79.9. The molecule has 3 rings (SSSR count). The van der Waals surface area contributed by atoms with Crippen LogP contribution in [0.4, 0.5) is 0 Å². The molecule has 21 heavy (non-hydrogen) atoms. The molecule has 0 aliphatic carbocycles. The Labute approximate surface area is 132 Å². The van der Waals surface area contributed by atoms with Crippen molar-refractivity contribution in [3.63, 3.8) is 0 Å². The van der Waals surface area contributed by atoms with Crippen molar-refractivity contribution in [3.05, 3.63) is 67.3 Å². The lowest BCUT2D eigenvalue weighted by atomic mass is 10.3. The topological polar surface area (TPSA) is 60.7 Å². The van der Waals surface area contributed by atoms with Gasteiger partial charge in [0.2, 0.25) is 0 Å². The SMILES string of the molecule is O=C(OCc1cc(=O)n2cc(Br)ccc2n1)c1ccsc1. The average molecular weight is 365 g/mol. The number of pyridine rings is 1. The van der Waals surface area contributed by atoms with Crippen LogP contribution in [0.2, 0.25) is 0 Å². The third-order valence-electron chi connectivity index (χ3n) is 2.78. The lowest BCUT2D eigenvalue weighted by molar-refractivity contribution is 0.0468. The number of halogens is 1. The first-order valence-corrected chi connectivity index (χ1v) is 7.74. The molecule has 0 spiro atoms. The summed E-state index contributed by atoms with van der Waals surface area (Å²) in [4.78, 5) is 28.0. The van der Waals surface area contributed by atoms with Gasteiger partial charge in [0.05, 0.1) is 11.3 Å². The lowest BCUT2D eigenvalue weighted by Crippen LogP contribution is -2.16. The van der Waals surface area contributed by atoms with Gasteiger partial charge >= 0.3 is 5.97 Å². The molecule has 0 saturated heterocycles. The van der Waals surface area contributed by atoms with Gasteiger partial charge in [0, 0.05) is 22.1 Å². The summed E-state index contributed by atoms with van der Waals surface area (Å²) < 4.78 is 7.36. The van der Waals surface area contributed by atoms with Crippen LogP contribution in [0, 0.1) is 0 Å². The molecular formula is C14H9BrN2O3S. The minimum absolute atomic E-state index is 0.0313. The highest BCUT2D eigenvalue weighted by Gasteiger charge is 2.09. The number of aromatic nitrogens is 2. The van der Waals surface area contributed by atoms with E-state index >= 15 is 0 Å². The highest BCUT2D eigenvalue weighted by molar-refractivity contribution is 9.10. The molecule has 0 radical (unpaired) electrons. The quantitative estimate of drug-likeness (QED) is 0.670. The Bertz CT molecular complexity index is 858. The van der Waals surface area contributed by atoms with Gasteiger partial charge in [-0.15, -0.1) is 0 Å². The number of fused-ring (bicyclic) bond motifs is 1. The molecule has 0 atom stereocenters. The van der Waals surface area contributed by atoms with Crippen LogP contribution < -0.4 is 5.56 Å². The second-order valence-electron chi connectivity index (χ2n) is 4.25. The third-order valence-corrected chi connectivity index (χ3v) is 3.94. The molecule has 0 saturated carbocycles. The van der Waals surface area contributed by atoms with Crippen LogP contribution in [0.5, 0.6) is 0 Å². The maximum atomic E-state index is 12.0. The van der Waals surface area contributed by atoms with Crippen molar-refractivity contribution < 1.29 is 9.53 Å². The number of hydrogen-bond acceptors (Lipinski definition) is 5. The number of nitrogens with zero attached hydrogens (tertiary/aromatic N) is 2. The van der Waals surface area contributed by atoms with E-state index in [1.54, 1.807) is 35.2 Å². The van der Waals surface area contributed by atoms with Crippen LogP contribution in [0.15, 0.2) is 50.5 Å². The van der Waals surface area contributed by atoms with Crippen LogP contribution in [0.3, 0.4) is 0 Å². The molecule has 0 aliphatic rings. The molecule has 0 bridgehead atoms. The summed E-state index contributed by atoms with van der Waals surface area (Å²) in [6.45, 7) is -0.0313. The molecule has 0 N–H and O–H groups in total. The van der Waals surface area contributed by atoms with Gasteiger partial charge in [-0.05, 0) is 39.5 Å². The summed E-state index contributed by atoms with van der Waals surface area (Å²) in [7, 11) is 0. The monoisotopic (exact) mass is 364 g/mol. The van der Waals surface area contributed by atoms with Crippen LogP contribution in [0.25, 0.3) is 5.65 Å². The molecule has 7 heteroatoms. The smallest absolute Gasteiger partial charge is 0.339 e. The molecule has 0 aromatic carbocycles. The van der Waals surface area contributed by atoms with Crippen molar-refractivity contribution >= 4 is 38.9 Å². The van der Waals surface area contributed by atoms with E-state index < -0.39 is 5.97 Å². The number of hydrogen-bond donors (Lipinski definition) is 0. The molecule has 0 aliphatic heterocycles. The number of ether oxygens (including phenoxy) is 1. The first-order chi connectivity index (χ1) is 10.1. The van der Waals surface area contributed by atoms with Crippen LogP contribution in [0.1, 0.15) is 16.1 Å². The van der Waals surface area contributed by atoms with Crippen LogP contribution >= 0.6 is 27.3 Å². The van der Waals surface area contributed by atoms with Gasteiger partial charge in [0.1, 0.15) is 12.3 Å². The fraction of sp³-hybridized carbons (Fsp3) is 0.0714. The van der Waals surface area contributed by atoms with E-state index in [1.807, 2.05) is 0 Å². The molecule has 5 nitrogen and oxygen atoms in total. The van der Waals surface area contributed by atoms with Gasteiger partial charge in [-0.2, -0.15) is 11.3 Å². The summed E-state index contributed by atoms with van der Waals surface area (Å²) in [5.74, 6) is -0.422. The number of thiophene rings is 1. The van der Waals surface area contributed by atoms with E-state index in [9.17, 15) is 9.59 Å². The van der Waals surface area contributed by atoms with Gasteiger partial charge in [-0.3, -0.25) is 9.20 Å². The Hall–Kier alpha value is -1.99. The van der Waals surface area contributed by atoms with Gasteiger partial charge in [0.25, 0.3) is 5.56 Å². The zero-order valence-electron chi connectivity index (χ0n) is 10.7. The molecule has 3 aromatic heterocycles. The molecule has 3 aromatic rings. The summed E-state index contributed by atoms with van der Waals surface area (Å²) in [5, 5.41) is 3.51. The Morgan fingerprint density at radius 1 is 1.38 bits per heavy atom. The maximum absolute atomic E-state index is 12.0. The summed E-state index contributed by atoms with van der Waals surface area (Å²) >= 11 is 4.72. The number of carbonyl (C=O) groups is 1. The van der Waals surface area contributed by atoms with E-state index in [4.69, 9.17) is 4.74 Å². The number of carbonyl (C=O) groups excluding carboxylic acids is 1. The van der Waals surface area contributed by atoms with Crippen molar-refractivity contribution in [2.75, 3.05) is 0 Å². The second-order valence-corrected chi connectivity index (χ2v) is 5.95. The van der Waals surface area contributed by atoms with Gasteiger partial charge in [-0.25, -0.2) is 9.78 Å². The Balaban J connectivity index is 1.83. The van der Waals surface area contributed by atoms with Crippen LogP contribution in [-0.4, -0.2) is 15.4 Å². The largest absolute Gasteiger partial charge is 0.456 e. The normalized spacial score (nSPS) is 10.7. The first-order valence-electron chi connectivity index (χ1n) is 6.01. The number of esters is 1. The summed E-state index contributed by atoms with van der Waals surface area (Å²) in [6, 6.07) is 6.56. The maximum Gasteiger partial charge on any atom is 0.339 e. The van der Waals surface area contributed by atoms with Crippen LogP contribution in [-0.2, 0) is 11.3 Å². The zero-order valence-corrected chi connectivity index (χ0v) is 13.1. The average Bonchev–Trinajstić information content (AvgIpc) is 3.00. The number of rotatable bonds is 3. The zero-order chi connectivity index (χ0) is 14.8. The summed E-state index contributed by atoms with van der Waals surface area (Å²) in [6.07, 6.45) is 1.64. The fourth-order valence-corrected chi connectivity index (χ4v) is 2.77. The van der Waals surface area contributed by atoms with Gasteiger partial charge < -0.3 is 4.74 Å². The van der Waals surface area contributed by atoms with E-state index in [-0.39, 0.29) is 12.2 Å². The minimum Gasteiger partial charge on any atom is -0.456 e. The van der Waals surface area contributed by atoms with Crippen molar-refractivity contribution in [1.82, 2.24) is 9.38 Å². The molecule has 0 amide bonds. The second kappa shape index (κ2) is 5.79. The van der Waals surface area contributed by atoms with Crippen molar-refractivity contribution in [2.45, 2.75) is 6.61 Å². The van der Waals surface area contributed by atoms with E-state index in [0.717, 1.165) is 4.47 Å². The fourth-order valence-electron chi connectivity index (χ4n) is 1.80. The van der Waals surface area contributed by atoms with Crippen molar-refractivity contribution in [1.29, 1.82) is 0 Å². The minimum atomic E-state index is -0.422. The Morgan fingerprint density at radius 2 is 2.24 bits per heavy atom. The third kappa shape index (κ3) is 3.03. The van der Waals surface area contributed by atoms with E-state index in [0.29, 0.717) is 16.9 Å². The summed E-state index contributed by atoms with van der Waals surface area (Å²) in [5.41, 5.74) is 1.21. The van der Waals surface area contributed by atoms with E-state index in [2.05, 4.69) is 20.9 Å². The lowest BCUT2D eigenvalue weighted by Gasteiger charge is -2.05. The van der Waals surface area contributed by atoms with Crippen molar-refractivity contribution in [2.24, 2.45) is 0 Å². The highest BCUT2D eigenvalue weighted by Crippen LogP contribution is 2.11. The molecule has 3 heterocycles. The first kappa shape index (κ1) is 14.0. The molecule has 0 unspecified atom stereocenters. The molecular weight excluding hydrogens is 356 g/mol. The van der Waals surface area contributed by atoms with Crippen molar-refractivity contribution in [3.8, 4) is 0 Å². The van der Waals surface area contributed by atoms with Gasteiger partial charge in [-0.1, -0.05) is 0 Å². The molecule has 0 fully saturated rings. The van der Waals surface area contributed by atoms with Gasteiger partial charge in [0.15, 0.2) is 0 Å². The van der Waals surface area contributed by atoms with E-state index in [1.165, 1.54) is 21.8 Å². The predicted molar refractivity (Wildman–Crippen MR) is 82.6 cm³/mol. The Kier molecular flexibility index (Phi) is 3.85. The molecule has 106 valence electrons. The predicted octanol–water partition coefficient (Wildman–Crippen LogP) is 2.88. The Morgan fingerprint density at radius 3 is 3.00 bits per heavy atom.